The summed E-state index contributed by atoms with van der Waals surface area (Å²) >= 11 is 7.85. The van der Waals surface area contributed by atoms with E-state index in [2.05, 4.69) is 15.5 Å². The van der Waals surface area contributed by atoms with Crippen molar-refractivity contribution in [2.24, 2.45) is 0 Å². The first-order chi connectivity index (χ1) is 15.5. The van der Waals surface area contributed by atoms with E-state index < -0.39 is 11.3 Å². The number of carbonyl (C=O) groups is 2. The maximum atomic E-state index is 13.9. The van der Waals surface area contributed by atoms with E-state index in [9.17, 15) is 14.0 Å². The highest BCUT2D eigenvalue weighted by molar-refractivity contribution is 8.00. The van der Waals surface area contributed by atoms with Gasteiger partial charge in [0.2, 0.25) is 11.8 Å². The zero-order valence-corrected chi connectivity index (χ0v) is 19.3. The highest BCUT2D eigenvalue weighted by Crippen LogP contribution is 2.30. The second kappa shape index (κ2) is 10.7. The summed E-state index contributed by atoms with van der Waals surface area (Å²) in [5.41, 5.74) is 1.51. The molecular formula is C24H27ClFN3O2S. The maximum absolute atomic E-state index is 13.9. The summed E-state index contributed by atoms with van der Waals surface area (Å²) in [7, 11) is 0. The van der Waals surface area contributed by atoms with Gasteiger partial charge in [-0.1, -0.05) is 48.0 Å². The third kappa shape index (κ3) is 5.45. The smallest absolute Gasteiger partial charge is 0.243 e. The second-order valence-corrected chi connectivity index (χ2v) is 9.85. The van der Waals surface area contributed by atoms with Gasteiger partial charge in [-0.2, -0.15) is 0 Å². The summed E-state index contributed by atoms with van der Waals surface area (Å²) in [4.78, 5) is 27.8. The number of nitrogens with one attached hydrogen (secondary N) is 2. The SMILES string of the molecule is O=C(NC[C@H](c1ccccc1Cl)N1CCCC1)[C@@H]1CS[C@H](Cc2ccccc2F)C(=O)N1. The van der Waals surface area contributed by atoms with Gasteiger partial charge in [0.05, 0.1) is 11.3 Å². The van der Waals surface area contributed by atoms with Gasteiger partial charge in [0, 0.05) is 17.3 Å². The quantitative estimate of drug-likeness (QED) is 0.642. The molecule has 0 unspecified atom stereocenters. The molecule has 0 aliphatic carbocycles. The number of carbonyl (C=O) groups excluding carboxylic acids is 2. The van der Waals surface area contributed by atoms with Crippen LogP contribution in [0.5, 0.6) is 0 Å². The highest BCUT2D eigenvalue weighted by atomic mass is 35.5. The van der Waals surface area contributed by atoms with Crippen LogP contribution in [0.25, 0.3) is 0 Å². The fraction of sp³-hybridized carbons (Fsp3) is 0.417. The third-order valence-electron chi connectivity index (χ3n) is 6.07. The van der Waals surface area contributed by atoms with Gasteiger partial charge in [-0.3, -0.25) is 14.5 Å². The molecule has 2 heterocycles. The molecule has 32 heavy (non-hydrogen) atoms. The van der Waals surface area contributed by atoms with Gasteiger partial charge in [-0.15, -0.1) is 11.8 Å². The number of hydrogen-bond donors (Lipinski definition) is 2. The van der Waals surface area contributed by atoms with E-state index in [0.29, 0.717) is 29.3 Å². The normalized spacial score (nSPS) is 22.4. The molecule has 8 heteroatoms. The lowest BCUT2D eigenvalue weighted by molar-refractivity contribution is -0.128. The number of amides is 2. The Balaban J connectivity index is 1.35. The molecule has 2 aliphatic heterocycles. The minimum Gasteiger partial charge on any atom is -0.352 e. The number of hydrogen-bond acceptors (Lipinski definition) is 4. The Morgan fingerprint density at radius 3 is 2.62 bits per heavy atom. The zero-order chi connectivity index (χ0) is 22.5. The summed E-state index contributed by atoms with van der Waals surface area (Å²) in [5, 5.41) is 6.12. The van der Waals surface area contributed by atoms with Gasteiger partial charge in [0.1, 0.15) is 11.9 Å². The molecule has 3 atom stereocenters. The molecule has 2 N–H and O–H groups in total. The number of thioether (sulfide) groups is 1. The van der Waals surface area contributed by atoms with Crippen LogP contribution < -0.4 is 10.6 Å². The van der Waals surface area contributed by atoms with Crippen LogP contribution in [0.2, 0.25) is 5.02 Å². The highest BCUT2D eigenvalue weighted by Gasteiger charge is 2.33. The van der Waals surface area contributed by atoms with Crippen LogP contribution in [0.15, 0.2) is 48.5 Å². The predicted octanol–water partition coefficient (Wildman–Crippen LogP) is 3.58. The summed E-state index contributed by atoms with van der Waals surface area (Å²) < 4.78 is 13.9. The minimum atomic E-state index is -0.602. The average Bonchev–Trinajstić information content (AvgIpc) is 3.32. The van der Waals surface area contributed by atoms with Crippen LogP contribution in [-0.2, 0) is 16.0 Å². The van der Waals surface area contributed by atoms with Gasteiger partial charge >= 0.3 is 0 Å². The number of rotatable bonds is 7. The van der Waals surface area contributed by atoms with E-state index in [0.717, 1.165) is 31.5 Å². The van der Waals surface area contributed by atoms with Crippen LogP contribution in [0.1, 0.15) is 30.0 Å². The number of likely N-dealkylation sites (tertiary alicyclic amines) is 1. The standard InChI is InChI=1S/C24H27ClFN3O2S/c25-18-9-3-2-8-17(18)21(29-11-5-6-12-29)14-27-23(30)20-15-32-22(24(31)28-20)13-16-7-1-4-10-19(16)26/h1-4,7-10,20-22H,5-6,11-15H2,(H,27,30)(H,28,31)/t20-,21+,22+/m0/s1. The van der Waals surface area contributed by atoms with E-state index in [4.69, 9.17) is 11.6 Å². The molecule has 0 bridgehead atoms. The molecule has 2 fully saturated rings. The zero-order valence-electron chi connectivity index (χ0n) is 17.7. The Labute approximate surface area is 197 Å². The Hall–Kier alpha value is -2.09. The molecule has 2 aliphatic rings. The van der Waals surface area contributed by atoms with E-state index in [-0.39, 0.29) is 23.7 Å². The lowest BCUT2D eigenvalue weighted by Gasteiger charge is -2.31. The first-order valence-corrected chi connectivity index (χ1v) is 12.4. The van der Waals surface area contributed by atoms with Crippen molar-refractivity contribution in [3.05, 3.63) is 70.5 Å². The summed E-state index contributed by atoms with van der Waals surface area (Å²) in [6.45, 7) is 2.37. The summed E-state index contributed by atoms with van der Waals surface area (Å²) in [6.07, 6.45) is 2.57. The van der Waals surface area contributed by atoms with Gasteiger partial charge in [-0.25, -0.2) is 4.39 Å². The molecule has 0 radical (unpaired) electrons. The van der Waals surface area contributed by atoms with Crippen LogP contribution in [0.3, 0.4) is 0 Å². The number of nitrogens with zero attached hydrogens (tertiary/aromatic N) is 1. The molecular weight excluding hydrogens is 449 g/mol. The van der Waals surface area contributed by atoms with Gasteiger partial charge in [-0.05, 0) is 55.6 Å². The lowest BCUT2D eigenvalue weighted by Crippen LogP contribution is -2.55. The van der Waals surface area contributed by atoms with Gasteiger partial charge < -0.3 is 10.6 Å². The monoisotopic (exact) mass is 475 g/mol. The molecule has 2 aromatic rings. The van der Waals surface area contributed by atoms with Crippen molar-refractivity contribution in [2.75, 3.05) is 25.4 Å². The largest absolute Gasteiger partial charge is 0.352 e. The van der Waals surface area contributed by atoms with Crippen LogP contribution in [0.4, 0.5) is 4.39 Å². The van der Waals surface area contributed by atoms with Crippen molar-refractivity contribution in [3.63, 3.8) is 0 Å². The van der Waals surface area contributed by atoms with E-state index in [1.54, 1.807) is 18.2 Å². The van der Waals surface area contributed by atoms with Crippen molar-refractivity contribution in [1.29, 1.82) is 0 Å². The Kier molecular flexibility index (Phi) is 7.71. The van der Waals surface area contributed by atoms with E-state index in [1.165, 1.54) is 17.8 Å². The minimum absolute atomic E-state index is 0.00380. The lowest BCUT2D eigenvalue weighted by atomic mass is 10.0. The number of benzene rings is 2. The topological polar surface area (TPSA) is 61.4 Å². The van der Waals surface area contributed by atoms with Crippen LogP contribution in [0, 0.1) is 5.82 Å². The average molecular weight is 476 g/mol. The van der Waals surface area contributed by atoms with E-state index in [1.807, 2.05) is 24.3 Å². The fourth-order valence-corrected chi connectivity index (χ4v) is 5.74. The Bertz CT molecular complexity index is 970. The summed E-state index contributed by atoms with van der Waals surface area (Å²) in [5.74, 6) is -0.288. The number of halogens is 2. The fourth-order valence-electron chi connectivity index (χ4n) is 4.31. The summed E-state index contributed by atoms with van der Waals surface area (Å²) in [6, 6.07) is 13.6. The van der Waals surface area contributed by atoms with Crippen LogP contribution in [-0.4, -0.2) is 53.4 Å². The first-order valence-electron chi connectivity index (χ1n) is 10.9. The molecule has 4 rings (SSSR count). The van der Waals surface area contributed by atoms with Gasteiger partial charge in [0.15, 0.2) is 0 Å². The van der Waals surface area contributed by atoms with E-state index >= 15 is 0 Å². The van der Waals surface area contributed by atoms with Crippen molar-refractivity contribution >= 4 is 35.2 Å². The molecule has 0 saturated carbocycles. The van der Waals surface area contributed by atoms with Crippen molar-refractivity contribution < 1.29 is 14.0 Å². The predicted molar refractivity (Wildman–Crippen MR) is 126 cm³/mol. The maximum Gasteiger partial charge on any atom is 0.243 e. The van der Waals surface area contributed by atoms with Crippen LogP contribution >= 0.6 is 23.4 Å². The Morgan fingerprint density at radius 1 is 1.19 bits per heavy atom. The molecule has 170 valence electrons. The molecule has 2 aromatic carbocycles. The third-order valence-corrected chi connectivity index (χ3v) is 7.72. The van der Waals surface area contributed by atoms with Crippen molar-refractivity contribution in [2.45, 2.75) is 36.6 Å². The molecule has 2 saturated heterocycles. The van der Waals surface area contributed by atoms with Gasteiger partial charge in [0.25, 0.3) is 0 Å². The Morgan fingerprint density at radius 2 is 1.91 bits per heavy atom. The molecule has 2 amide bonds. The van der Waals surface area contributed by atoms with Crippen molar-refractivity contribution in [3.8, 4) is 0 Å². The molecule has 5 nitrogen and oxygen atoms in total. The second-order valence-electron chi connectivity index (χ2n) is 8.20. The molecule has 0 spiro atoms. The molecule has 0 aromatic heterocycles. The van der Waals surface area contributed by atoms with Crippen molar-refractivity contribution in [1.82, 2.24) is 15.5 Å². The first kappa shape index (κ1) is 23.1.